The van der Waals surface area contributed by atoms with E-state index in [-0.39, 0.29) is 16.8 Å². The third-order valence-electron chi connectivity index (χ3n) is 5.36. The number of hydrogen-bond donors (Lipinski definition) is 1. The minimum Gasteiger partial charge on any atom is -0.345 e. The number of amides is 1. The summed E-state index contributed by atoms with van der Waals surface area (Å²) < 4.78 is 26.7. The van der Waals surface area contributed by atoms with Gasteiger partial charge < -0.3 is 5.32 Å². The van der Waals surface area contributed by atoms with E-state index in [1.165, 1.54) is 16.4 Å². The van der Waals surface area contributed by atoms with Crippen LogP contribution in [0.4, 0.5) is 0 Å². The van der Waals surface area contributed by atoms with E-state index in [0.717, 1.165) is 31.2 Å². The zero-order chi connectivity index (χ0) is 18.9. The van der Waals surface area contributed by atoms with Crippen LogP contribution in [0.2, 0.25) is 0 Å². The zero-order valence-electron chi connectivity index (χ0n) is 15.2. The predicted octanol–water partition coefficient (Wildman–Crippen LogP) is 3.35. The summed E-state index contributed by atoms with van der Waals surface area (Å²) >= 11 is 0. The normalized spacial score (nSPS) is 19.0. The maximum Gasteiger partial charge on any atom is 0.251 e. The Kier molecular flexibility index (Phi) is 5.02. The topological polar surface area (TPSA) is 66.5 Å². The molecule has 2 aliphatic rings. The Labute approximate surface area is 160 Å². The van der Waals surface area contributed by atoms with Crippen molar-refractivity contribution >= 4 is 15.9 Å². The van der Waals surface area contributed by atoms with E-state index in [1.54, 1.807) is 12.1 Å². The highest BCUT2D eigenvalue weighted by atomic mass is 32.2. The molecule has 0 unspecified atom stereocenters. The molecule has 1 saturated carbocycles. The molecule has 1 aliphatic carbocycles. The third kappa shape index (κ3) is 3.92. The van der Waals surface area contributed by atoms with Gasteiger partial charge in [-0.2, -0.15) is 4.31 Å². The molecule has 0 spiro atoms. The molecule has 1 aliphatic heterocycles. The van der Waals surface area contributed by atoms with Crippen molar-refractivity contribution in [3.05, 3.63) is 65.7 Å². The molecular formula is C21H24N2O3S. The lowest BCUT2D eigenvalue weighted by Crippen LogP contribution is -2.30. The van der Waals surface area contributed by atoms with Gasteiger partial charge in [0.1, 0.15) is 0 Å². The summed E-state index contributed by atoms with van der Waals surface area (Å²) in [6, 6.07) is 16.3. The van der Waals surface area contributed by atoms with Crippen LogP contribution in [-0.4, -0.2) is 31.7 Å². The largest absolute Gasteiger partial charge is 0.345 e. The molecule has 2 fully saturated rings. The molecule has 27 heavy (non-hydrogen) atoms. The van der Waals surface area contributed by atoms with E-state index in [9.17, 15) is 13.2 Å². The first-order chi connectivity index (χ1) is 13.1. The molecule has 0 radical (unpaired) electrons. The maximum absolute atomic E-state index is 12.7. The first kappa shape index (κ1) is 18.2. The van der Waals surface area contributed by atoms with Gasteiger partial charge in [0.25, 0.3) is 5.91 Å². The Morgan fingerprint density at radius 1 is 0.963 bits per heavy atom. The van der Waals surface area contributed by atoms with E-state index >= 15 is 0 Å². The summed E-state index contributed by atoms with van der Waals surface area (Å²) in [6.07, 6.45) is 4.04. The van der Waals surface area contributed by atoms with Gasteiger partial charge in [-0.3, -0.25) is 4.79 Å². The zero-order valence-corrected chi connectivity index (χ0v) is 16.0. The van der Waals surface area contributed by atoms with Crippen molar-refractivity contribution in [3.63, 3.8) is 0 Å². The standard InChI is InChI=1S/C21H24N2O3S/c24-21(22-20(17-8-9-17)16-6-2-1-3-7-16)18-10-12-19(13-11-18)27(25,26)23-14-4-5-15-23/h1-3,6-7,10-13,17,20H,4-5,8-9,14-15H2,(H,22,24)/t20-/m0/s1. The number of rotatable bonds is 6. The van der Waals surface area contributed by atoms with Gasteiger partial charge in [-0.05, 0) is 61.4 Å². The summed E-state index contributed by atoms with van der Waals surface area (Å²) in [5.74, 6) is 0.312. The van der Waals surface area contributed by atoms with Gasteiger partial charge in [-0.15, -0.1) is 0 Å². The molecule has 1 saturated heterocycles. The van der Waals surface area contributed by atoms with Crippen molar-refractivity contribution in [3.8, 4) is 0 Å². The lowest BCUT2D eigenvalue weighted by molar-refractivity contribution is 0.0931. The summed E-state index contributed by atoms with van der Waals surface area (Å²) in [6.45, 7) is 1.15. The van der Waals surface area contributed by atoms with Crippen LogP contribution in [0.15, 0.2) is 59.5 Å². The Balaban J connectivity index is 1.49. The fourth-order valence-electron chi connectivity index (χ4n) is 3.64. The minimum absolute atomic E-state index is 0.00621. The van der Waals surface area contributed by atoms with Crippen molar-refractivity contribution in [2.75, 3.05) is 13.1 Å². The van der Waals surface area contributed by atoms with Crippen LogP contribution >= 0.6 is 0 Å². The lowest BCUT2D eigenvalue weighted by atomic mass is 10.0. The number of sulfonamides is 1. The van der Waals surface area contributed by atoms with Crippen LogP contribution in [0.25, 0.3) is 0 Å². The van der Waals surface area contributed by atoms with Crippen molar-refractivity contribution in [1.29, 1.82) is 0 Å². The smallest absolute Gasteiger partial charge is 0.251 e. The van der Waals surface area contributed by atoms with Crippen molar-refractivity contribution in [2.45, 2.75) is 36.6 Å². The quantitative estimate of drug-likeness (QED) is 0.831. The number of carbonyl (C=O) groups excluding carboxylic acids is 1. The second kappa shape index (κ2) is 7.44. The Morgan fingerprint density at radius 2 is 1.59 bits per heavy atom. The summed E-state index contributed by atoms with van der Waals surface area (Å²) in [7, 11) is -3.45. The van der Waals surface area contributed by atoms with E-state index in [1.807, 2.05) is 30.3 Å². The van der Waals surface area contributed by atoms with Crippen LogP contribution < -0.4 is 5.32 Å². The van der Waals surface area contributed by atoms with E-state index in [2.05, 4.69) is 5.32 Å². The summed E-state index contributed by atoms with van der Waals surface area (Å²) in [5, 5.41) is 3.13. The molecule has 6 heteroatoms. The van der Waals surface area contributed by atoms with Gasteiger partial charge in [0, 0.05) is 18.7 Å². The van der Waals surface area contributed by atoms with Crippen LogP contribution in [0, 0.1) is 5.92 Å². The highest BCUT2D eigenvalue weighted by Gasteiger charge is 2.33. The molecule has 142 valence electrons. The Bertz CT molecular complexity index is 900. The van der Waals surface area contributed by atoms with Crippen molar-refractivity contribution in [2.24, 2.45) is 5.92 Å². The van der Waals surface area contributed by atoms with Crippen LogP contribution in [0.1, 0.15) is 47.6 Å². The number of benzene rings is 2. The van der Waals surface area contributed by atoms with Gasteiger partial charge in [-0.25, -0.2) is 8.42 Å². The number of nitrogens with zero attached hydrogens (tertiary/aromatic N) is 1. The monoisotopic (exact) mass is 384 g/mol. The number of carbonyl (C=O) groups is 1. The second-order valence-electron chi connectivity index (χ2n) is 7.33. The van der Waals surface area contributed by atoms with Gasteiger partial charge in [-0.1, -0.05) is 30.3 Å². The number of nitrogens with one attached hydrogen (secondary N) is 1. The highest BCUT2D eigenvalue weighted by Crippen LogP contribution is 2.41. The molecule has 1 atom stereocenters. The fourth-order valence-corrected chi connectivity index (χ4v) is 5.16. The lowest BCUT2D eigenvalue weighted by Gasteiger charge is -2.19. The summed E-state index contributed by atoms with van der Waals surface area (Å²) in [5.41, 5.74) is 1.60. The Hall–Kier alpha value is -2.18. The van der Waals surface area contributed by atoms with Gasteiger partial charge in [0.15, 0.2) is 0 Å². The van der Waals surface area contributed by atoms with E-state index < -0.39 is 10.0 Å². The van der Waals surface area contributed by atoms with Crippen LogP contribution in [-0.2, 0) is 10.0 Å². The molecule has 2 aromatic carbocycles. The van der Waals surface area contributed by atoms with Gasteiger partial charge in [0.05, 0.1) is 10.9 Å². The summed E-state index contributed by atoms with van der Waals surface area (Å²) in [4.78, 5) is 13.0. The minimum atomic E-state index is -3.45. The average molecular weight is 385 g/mol. The molecule has 1 heterocycles. The number of hydrogen-bond acceptors (Lipinski definition) is 3. The highest BCUT2D eigenvalue weighted by molar-refractivity contribution is 7.89. The maximum atomic E-state index is 12.7. The second-order valence-corrected chi connectivity index (χ2v) is 9.27. The van der Waals surface area contributed by atoms with Crippen molar-refractivity contribution < 1.29 is 13.2 Å². The SMILES string of the molecule is O=C(N[C@@H](c1ccccc1)C1CC1)c1ccc(S(=O)(=O)N2CCCC2)cc1. The van der Waals surface area contributed by atoms with E-state index in [0.29, 0.717) is 24.6 Å². The van der Waals surface area contributed by atoms with Crippen LogP contribution in [0.5, 0.6) is 0 Å². The van der Waals surface area contributed by atoms with E-state index in [4.69, 9.17) is 0 Å². The Morgan fingerprint density at radius 3 is 2.19 bits per heavy atom. The van der Waals surface area contributed by atoms with Gasteiger partial charge >= 0.3 is 0 Å². The predicted molar refractivity (Wildman–Crippen MR) is 104 cm³/mol. The molecule has 1 N–H and O–H groups in total. The first-order valence-corrected chi connectivity index (χ1v) is 11.0. The van der Waals surface area contributed by atoms with Gasteiger partial charge in [0.2, 0.25) is 10.0 Å². The first-order valence-electron chi connectivity index (χ1n) is 9.52. The molecule has 0 bridgehead atoms. The molecule has 2 aromatic rings. The van der Waals surface area contributed by atoms with Crippen molar-refractivity contribution in [1.82, 2.24) is 9.62 Å². The van der Waals surface area contributed by atoms with Crippen LogP contribution in [0.3, 0.4) is 0 Å². The molecule has 4 rings (SSSR count). The fraction of sp³-hybridized carbons (Fsp3) is 0.381. The molecular weight excluding hydrogens is 360 g/mol. The molecule has 1 amide bonds. The third-order valence-corrected chi connectivity index (χ3v) is 7.27. The molecule has 0 aromatic heterocycles. The molecule has 5 nitrogen and oxygen atoms in total. The average Bonchev–Trinajstić information content (AvgIpc) is 3.38.